The van der Waals surface area contributed by atoms with E-state index < -0.39 is 0 Å². The largest absolute Gasteiger partial charge is 0.370 e. The number of rotatable bonds is 4. The van der Waals surface area contributed by atoms with Gasteiger partial charge in [0.05, 0.1) is 22.3 Å². The fourth-order valence-electron chi connectivity index (χ4n) is 1.73. The van der Waals surface area contributed by atoms with Crippen LogP contribution in [0.25, 0.3) is 0 Å². The van der Waals surface area contributed by atoms with E-state index in [4.69, 9.17) is 16.9 Å². The molecule has 1 heterocycles. The average Bonchev–Trinajstić information content (AvgIpc) is 2.41. The Kier molecular flexibility index (Phi) is 4.38. The third kappa shape index (κ3) is 3.37. The van der Waals surface area contributed by atoms with E-state index in [0.717, 1.165) is 12.4 Å². The Balaban J connectivity index is 2.32. The van der Waals surface area contributed by atoms with Crippen LogP contribution in [0.2, 0.25) is 5.02 Å². The molecule has 2 rings (SSSR count). The standard InChI is InChI=1S/C14H14ClN5/c1-3-17-13-7-14(19-9(2)18-13)20-12-6-10(8-16)4-5-11(12)15/h4-7H,3H2,1-2H3,(H2,17,18,19,20). The number of nitrogens with zero attached hydrogens (tertiary/aromatic N) is 3. The highest BCUT2D eigenvalue weighted by molar-refractivity contribution is 6.33. The smallest absolute Gasteiger partial charge is 0.136 e. The maximum absolute atomic E-state index is 8.92. The molecule has 102 valence electrons. The number of nitrogens with one attached hydrogen (secondary N) is 2. The lowest BCUT2D eigenvalue weighted by Gasteiger charge is -2.10. The van der Waals surface area contributed by atoms with Gasteiger partial charge in [-0.15, -0.1) is 0 Å². The Morgan fingerprint density at radius 2 is 2.00 bits per heavy atom. The van der Waals surface area contributed by atoms with Crippen LogP contribution in [0, 0.1) is 18.3 Å². The Hall–Kier alpha value is -2.32. The summed E-state index contributed by atoms with van der Waals surface area (Å²) in [4.78, 5) is 8.58. The zero-order chi connectivity index (χ0) is 14.5. The van der Waals surface area contributed by atoms with E-state index in [0.29, 0.717) is 27.9 Å². The second-order valence-corrected chi connectivity index (χ2v) is 4.55. The Morgan fingerprint density at radius 3 is 2.70 bits per heavy atom. The van der Waals surface area contributed by atoms with Gasteiger partial charge in [0.15, 0.2) is 0 Å². The van der Waals surface area contributed by atoms with Gasteiger partial charge in [0.25, 0.3) is 0 Å². The van der Waals surface area contributed by atoms with Gasteiger partial charge in [0.1, 0.15) is 17.5 Å². The van der Waals surface area contributed by atoms with Gasteiger partial charge in [-0.1, -0.05) is 11.6 Å². The van der Waals surface area contributed by atoms with E-state index in [-0.39, 0.29) is 0 Å². The molecule has 0 amide bonds. The fraction of sp³-hybridized carbons (Fsp3) is 0.214. The molecular weight excluding hydrogens is 274 g/mol. The van der Waals surface area contributed by atoms with Crippen molar-refractivity contribution in [3.63, 3.8) is 0 Å². The van der Waals surface area contributed by atoms with Crippen LogP contribution in [0.1, 0.15) is 18.3 Å². The lowest BCUT2D eigenvalue weighted by Crippen LogP contribution is -2.04. The average molecular weight is 288 g/mol. The maximum Gasteiger partial charge on any atom is 0.136 e. The molecule has 2 N–H and O–H groups in total. The number of hydrogen-bond acceptors (Lipinski definition) is 5. The molecule has 20 heavy (non-hydrogen) atoms. The quantitative estimate of drug-likeness (QED) is 0.900. The van der Waals surface area contributed by atoms with Crippen molar-refractivity contribution in [3.05, 3.63) is 40.7 Å². The summed E-state index contributed by atoms with van der Waals surface area (Å²) in [5, 5.41) is 15.7. The van der Waals surface area contributed by atoms with Crippen molar-refractivity contribution in [2.45, 2.75) is 13.8 Å². The van der Waals surface area contributed by atoms with Crippen LogP contribution in [-0.2, 0) is 0 Å². The molecule has 0 aliphatic rings. The van der Waals surface area contributed by atoms with Crippen LogP contribution in [0.3, 0.4) is 0 Å². The van der Waals surface area contributed by atoms with Crippen molar-refractivity contribution in [3.8, 4) is 6.07 Å². The second-order valence-electron chi connectivity index (χ2n) is 4.15. The summed E-state index contributed by atoms with van der Waals surface area (Å²) < 4.78 is 0. The summed E-state index contributed by atoms with van der Waals surface area (Å²) in [6.45, 7) is 4.59. The van der Waals surface area contributed by atoms with Crippen molar-refractivity contribution < 1.29 is 0 Å². The molecule has 0 spiro atoms. The molecular formula is C14H14ClN5. The molecule has 0 atom stereocenters. The van der Waals surface area contributed by atoms with Gasteiger partial charge >= 0.3 is 0 Å². The van der Waals surface area contributed by atoms with Gasteiger partial charge in [0, 0.05) is 12.6 Å². The third-order valence-electron chi connectivity index (χ3n) is 2.55. The first-order valence-corrected chi connectivity index (χ1v) is 6.56. The van der Waals surface area contributed by atoms with Crippen molar-refractivity contribution in [2.75, 3.05) is 17.2 Å². The predicted octanol–water partition coefficient (Wildman–Crippen LogP) is 3.49. The first kappa shape index (κ1) is 14.1. The number of halogens is 1. The van der Waals surface area contributed by atoms with Gasteiger partial charge in [-0.3, -0.25) is 0 Å². The summed E-state index contributed by atoms with van der Waals surface area (Å²) >= 11 is 6.11. The highest BCUT2D eigenvalue weighted by atomic mass is 35.5. The first-order chi connectivity index (χ1) is 9.62. The Bertz CT molecular complexity index is 663. The zero-order valence-corrected chi connectivity index (χ0v) is 12.0. The molecule has 0 fully saturated rings. The number of aromatic nitrogens is 2. The van der Waals surface area contributed by atoms with E-state index in [1.165, 1.54) is 0 Å². The maximum atomic E-state index is 8.92. The van der Waals surface area contributed by atoms with E-state index in [9.17, 15) is 0 Å². The minimum atomic E-state index is 0.533. The molecule has 1 aromatic heterocycles. The van der Waals surface area contributed by atoms with Gasteiger partial charge in [-0.2, -0.15) is 5.26 Å². The highest BCUT2D eigenvalue weighted by Crippen LogP contribution is 2.26. The van der Waals surface area contributed by atoms with E-state index in [1.54, 1.807) is 24.3 Å². The van der Waals surface area contributed by atoms with Crippen molar-refractivity contribution >= 4 is 28.9 Å². The molecule has 5 nitrogen and oxygen atoms in total. The third-order valence-corrected chi connectivity index (χ3v) is 2.88. The number of benzene rings is 1. The molecule has 0 aliphatic carbocycles. The van der Waals surface area contributed by atoms with Crippen LogP contribution in [0.15, 0.2) is 24.3 Å². The number of anilines is 3. The normalized spacial score (nSPS) is 9.90. The summed E-state index contributed by atoms with van der Waals surface area (Å²) in [5.74, 6) is 2.03. The summed E-state index contributed by atoms with van der Waals surface area (Å²) in [5.41, 5.74) is 1.18. The minimum absolute atomic E-state index is 0.533. The summed E-state index contributed by atoms with van der Waals surface area (Å²) in [6.07, 6.45) is 0. The molecule has 2 aromatic rings. The second kappa shape index (κ2) is 6.22. The number of hydrogen-bond donors (Lipinski definition) is 2. The van der Waals surface area contributed by atoms with Gasteiger partial charge < -0.3 is 10.6 Å². The summed E-state index contributed by atoms with van der Waals surface area (Å²) in [6, 6.07) is 8.92. The van der Waals surface area contributed by atoms with Crippen molar-refractivity contribution in [1.82, 2.24) is 9.97 Å². The molecule has 0 saturated carbocycles. The topological polar surface area (TPSA) is 73.6 Å². The minimum Gasteiger partial charge on any atom is -0.370 e. The van der Waals surface area contributed by atoms with Gasteiger partial charge in [-0.05, 0) is 32.0 Å². The molecule has 0 saturated heterocycles. The van der Waals surface area contributed by atoms with Crippen LogP contribution in [0.4, 0.5) is 17.3 Å². The van der Waals surface area contributed by atoms with Gasteiger partial charge in [0.2, 0.25) is 0 Å². The molecule has 0 bridgehead atoms. The van der Waals surface area contributed by atoms with Crippen molar-refractivity contribution in [2.24, 2.45) is 0 Å². The number of aryl methyl sites for hydroxylation is 1. The van der Waals surface area contributed by atoms with Crippen LogP contribution >= 0.6 is 11.6 Å². The first-order valence-electron chi connectivity index (χ1n) is 6.18. The van der Waals surface area contributed by atoms with Gasteiger partial charge in [-0.25, -0.2) is 9.97 Å². The Morgan fingerprint density at radius 1 is 1.25 bits per heavy atom. The monoisotopic (exact) mass is 287 g/mol. The molecule has 0 unspecified atom stereocenters. The van der Waals surface area contributed by atoms with Crippen LogP contribution < -0.4 is 10.6 Å². The van der Waals surface area contributed by atoms with Crippen LogP contribution in [0.5, 0.6) is 0 Å². The van der Waals surface area contributed by atoms with E-state index >= 15 is 0 Å². The summed E-state index contributed by atoms with van der Waals surface area (Å²) in [7, 11) is 0. The van der Waals surface area contributed by atoms with Crippen LogP contribution in [-0.4, -0.2) is 16.5 Å². The molecule has 6 heteroatoms. The lowest BCUT2D eigenvalue weighted by atomic mass is 10.2. The fourth-order valence-corrected chi connectivity index (χ4v) is 1.90. The lowest BCUT2D eigenvalue weighted by molar-refractivity contribution is 1.04. The SMILES string of the molecule is CCNc1cc(Nc2cc(C#N)ccc2Cl)nc(C)n1. The van der Waals surface area contributed by atoms with E-state index in [2.05, 4.69) is 26.7 Å². The highest BCUT2D eigenvalue weighted by Gasteiger charge is 2.06. The van der Waals surface area contributed by atoms with E-state index in [1.807, 2.05) is 13.8 Å². The number of nitriles is 1. The van der Waals surface area contributed by atoms with Crippen molar-refractivity contribution in [1.29, 1.82) is 5.26 Å². The zero-order valence-electron chi connectivity index (χ0n) is 11.2. The predicted molar refractivity (Wildman–Crippen MR) is 80.4 cm³/mol. The molecule has 1 aromatic carbocycles. The Labute approximate surface area is 122 Å². The molecule has 0 aliphatic heterocycles. The molecule has 0 radical (unpaired) electrons.